The van der Waals surface area contributed by atoms with E-state index in [1.807, 2.05) is 6.20 Å². The first kappa shape index (κ1) is 19.6. The highest BCUT2D eigenvalue weighted by molar-refractivity contribution is 9.10. The number of nitrogens with two attached hydrogens (primary N) is 1. The molecule has 0 bridgehead atoms. The van der Waals surface area contributed by atoms with E-state index in [1.165, 1.54) is 17.8 Å². The fourth-order valence-electron chi connectivity index (χ4n) is 3.24. The molecular formula is C16H24Br2N4Si2. The van der Waals surface area contributed by atoms with E-state index in [0.717, 1.165) is 9.21 Å². The molecule has 3 heterocycles. The molecule has 24 heavy (non-hydrogen) atoms. The quantitative estimate of drug-likeness (QED) is 0.426. The van der Waals surface area contributed by atoms with Crippen LogP contribution in [0.1, 0.15) is 0 Å². The lowest BCUT2D eigenvalue weighted by atomic mass is 10.4. The van der Waals surface area contributed by atoms with E-state index >= 15 is 0 Å². The van der Waals surface area contributed by atoms with Gasteiger partial charge in [0.25, 0.3) is 0 Å². The van der Waals surface area contributed by atoms with Crippen LogP contribution < -0.4 is 9.96 Å². The molecule has 0 aliphatic carbocycles. The fourth-order valence-corrected chi connectivity index (χ4v) is 17.9. The minimum Gasteiger partial charge on any atom is -0.423 e. The predicted molar refractivity (Wildman–Crippen MR) is 115 cm³/mol. The summed E-state index contributed by atoms with van der Waals surface area (Å²) >= 11 is 6.58. The zero-order chi connectivity index (χ0) is 18.0. The van der Waals surface area contributed by atoms with Crippen molar-refractivity contribution in [2.24, 2.45) is 0 Å². The molecule has 0 radical (unpaired) electrons. The van der Waals surface area contributed by atoms with Gasteiger partial charge in [0, 0.05) is 11.9 Å². The number of anilines is 2. The van der Waals surface area contributed by atoms with Crippen molar-refractivity contribution in [3.05, 3.63) is 45.9 Å². The first-order chi connectivity index (χ1) is 11.1. The van der Waals surface area contributed by atoms with Crippen LogP contribution in [0.3, 0.4) is 0 Å². The summed E-state index contributed by atoms with van der Waals surface area (Å²) in [4.78, 5) is 8.24. The van der Waals surface area contributed by atoms with E-state index in [1.54, 1.807) is 18.3 Å². The maximum Gasteiger partial charge on any atom is 0.141 e. The molecule has 2 aromatic heterocycles. The predicted octanol–water partition coefficient (Wildman–Crippen LogP) is 5.50. The molecular weight excluding hydrogens is 464 g/mol. The summed E-state index contributed by atoms with van der Waals surface area (Å²) in [6.45, 7) is 9.93. The van der Waals surface area contributed by atoms with E-state index in [9.17, 15) is 0 Å². The molecule has 0 spiro atoms. The van der Waals surface area contributed by atoms with Gasteiger partial charge in [0.15, 0.2) is 0 Å². The van der Waals surface area contributed by atoms with Crippen LogP contribution in [0.5, 0.6) is 0 Å². The van der Waals surface area contributed by atoms with E-state index in [2.05, 4.69) is 84.4 Å². The summed E-state index contributed by atoms with van der Waals surface area (Å²) in [5.41, 5.74) is 7.37. The van der Waals surface area contributed by atoms with Gasteiger partial charge in [-0.05, 0) is 68.2 Å². The summed E-state index contributed by atoms with van der Waals surface area (Å²) in [7, 11) is -2.45. The van der Waals surface area contributed by atoms with Crippen LogP contribution in [0.15, 0.2) is 45.9 Å². The SMILES string of the molecule is C[Si]1(C)CC[Si](C)(C)N1c1ccc(Br)nc1.Nc1ccc(Br)nc1. The number of hydrogen-bond donors (Lipinski definition) is 1. The van der Waals surface area contributed by atoms with E-state index in [4.69, 9.17) is 5.73 Å². The largest absolute Gasteiger partial charge is 0.423 e. The van der Waals surface area contributed by atoms with Crippen molar-refractivity contribution in [1.29, 1.82) is 0 Å². The molecule has 0 amide bonds. The van der Waals surface area contributed by atoms with Gasteiger partial charge in [0.2, 0.25) is 0 Å². The maximum absolute atomic E-state index is 5.34. The third-order valence-electron chi connectivity index (χ3n) is 4.28. The Bertz CT molecular complexity index is 638. The Hall–Kier alpha value is -0.706. The second-order valence-corrected chi connectivity index (χ2v) is 18.4. The van der Waals surface area contributed by atoms with Crippen LogP contribution in [0.4, 0.5) is 11.4 Å². The lowest BCUT2D eigenvalue weighted by Gasteiger charge is -2.41. The zero-order valence-corrected chi connectivity index (χ0v) is 19.7. The molecule has 1 aliphatic heterocycles. The standard InChI is InChI=1S/C11H19BrN2Si2.C5H5BrN2/c1-15(2)7-8-16(3,4)14(15)10-5-6-11(12)13-9-10;6-5-2-1-4(7)3-8-5/h5-6,9H,7-8H2,1-4H3;1-3H,7H2. The van der Waals surface area contributed by atoms with Crippen LogP contribution in [-0.4, -0.2) is 26.4 Å². The van der Waals surface area contributed by atoms with Crippen molar-refractivity contribution in [3.8, 4) is 0 Å². The minimum absolute atomic E-state index is 0.688. The molecule has 0 atom stereocenters. The van der Waals surface area contributed by atoms with Gasteiger partial charge in [-0.3, -0.25) is 0 Å². The number of halogens is 2. The first-order valence-electron chi connectivity index (χ1n) is 7.91. The molecule has 2 aromatic rings. The van der Waals surface area contributed by atoms with E-state index in [0.29, 0.717) is 5.69 Å². The number of rotatable bonds is 1. The minimum atomic E-state index is -1.22. The average Bonchev–Trinajstić information content (AvgIpc) is 2.73. The molecule has 0 unspecified atom stereocenters. The molecule has 8 heteroatoms. The topological polar surface area (TPSA) is 55.0 Å². The third kappa shape index (κ3) is 4.90. The van der Waals surface area contributed by atoms with Gasteiger partial charge in [-0.1, -0.05) is 26.2 Å². The molecule has 2 N–H and O–H groups in total. The molecule has 130 valence electrons. The van der Waals surface area contributed by atoms with E-state index in [-0.39, 0.29) is 0 Å². The molecule has 1 fully saturated rings. The average molecular weight is 488 g/mol. The van der Waals surface area contributed by atoms with Crippen molar-refractivity contribution >= 4 is 59.7 Å². The Labute approximate surface area is 163 Å². The van der Waals surface area contributed by atoms with Crippen LogP contribution in [-0.2, 0) is 0 Å². The number of nitrogens with zero attached hydrogens (tertiary/aromatic N) is 3. The number of nitrogen functional groups attached to an aromatic ring is 1. The fraction of sp³-hybridized carbons (Fsp3) is 0.375. The highest BCUT2D eigenvalue weighted by Crippen LogP contribution is 2.40. The van der Waals surface area contributed by atoms with Gasteiger partial charge < -0.3 is 9.96 Å². The van der Waals surface area contributed by atoms with Crippen molar-refractivity contribution in [2.45, 2.75) is 38.3 Å². The highest BCUT2D eigenvalue weighted by Gasteiger charge is 2.47. The van der Waals surface area contributed by atoms with Crippen molar-refractivity contribution in [2.75, 3.05) is 9.96 Å². The lowest BCUT2D eigenvalue weighted by molar-refractivity contribution is 1.25. The highest BCUT2D eigenvalue weighted by atomic mass is 79.9. The number of hydrogen-bond acceptors (Lipinski definition) is 4. The summed E-state index contributed by atoms with van der Waals surface area (Å²) in [6, 6.07) is 10.7. The van der Waals surface area contributed by atoms with Crippen LogP contribution in [0, 0.1) is 0 Å². The van der Waals surface area contributed by atoms with Crippen molar-refractivity contribution < 1.29 is 0 Å². The summed E-state index contributed by atoms with van der Waals surface area (Å²) in [5.74, 6) is 0. The second kappa shape index (κ2) is 7.67. The van der Waals surface area contributed by atoms with Gasteiger partial charge in [0.05, 0.1) is 11.9 Å². The molecule has 0 aromatic carbocycles. The summed E-state index contributed by atoms with van der Waals surface area (Å²) in [6.07, 6.45) is 3.63. The number of pyridine rings is 2. The Morgan fingerprint density at radius 3 is 1.75 bits per heavy atom. The number of aromatic nitrogens is 2. The molecule has 0 saturated carbocycles. The van der Waals surface area contributed by atoms with Gasteiger partial charge in [0.1, 0.15) is 25.7 Å². The normalized spacial score (nSPS) is 18.0. The van der Waals surface area contributed by atoms with Crippen LogP contribution in [0.25, 0.3) is 0 Å². The van der Waals surface area contributed by atoms with Crippen molar-refractivity contribution in [1.82, 2.24) is 9.97 Å². The summed E-state index contributed by atoms with van der Waals surface area (Å²) < 4.78 is 4.51. The second-order valence-electron chi connectivity index (χ2n) is 7.21. The van der Waals surface area contributed by atoms with Crippen LogP contribution in [0.2, 0.25) is 38.3 Å². The van der Waals surface area contributed by atoms with Crippen molar-refractivity contribution in [3.63, 3.8) is 0 Å². The third-order valence-corrected chi connectivity index (χ3v) is 15.2. The van der Waals surface area contributed by atoms with Gasteiger partial charge in [-0.2, -0.15) is 0 Å². The Kier molecular flexibility index (Phi) is 6.27. The van der Waals surface area contributed by atoms with Gasteiger partial charge >= 0.3 is 0 Å². The van der Waals surface area contributed by atoms with Crippen LogP contribution >= 0.6 is 31.9 Å². The molecule has 1 aliphatic rings. The first-order valence-corrected chi connectivity index (χ1v) is 15.8. The molecule has 3 rings (SSSR count). The maximum atomic E-state index is 5.34. The Morgan fingerprint density at radius 2 is 1.38 bits per heavy atom. The smallest absolute Gasteiger partial charge is 0.141 e. The van der Waals surface area contributed by atoms with E-state index < -0.39 is 16.5 Å². The monoisotopic (exact) mass is 486 g/mol. The molecule has 4 nitrogen and oxygen atoms in total. The summed E-state index contributed by atoms with van der Waals surface area (Å²) in [5, 5.41) is 0. The lowest BCUT2D eigenvalue weighted by Crippen LogP contribution is -2.55. The zero-order valence-electron chi connectivity index (χ0n) is 14.6. The van der Waals surface area contributed by atoms with Gasteiger partial charge in [-0.15, -0.1) is 0 Å². The van der Waals surface area contributed by atoms with Gasteiger partial charge in [-0.25, -0.2) is 9.97 Å². The Morgan fingerprint density at radius 1 is 0.875 bits per heavy atom. The molecule has 1 saturated heterocycles. The Balaban J connectivity index is 0.000000219.